The second-order valence-electron chi connectivity index (χ2n) is 5.18. The summed E-state index contributed by atoms with van der Waals surface area (Å²) in [5.74, 6) is 0.418. The van der Waals surface area contributed by atoms with Crippen LogP contribution in [0.1, 0.15) is 25.2 Å². The zero-order chi connectivity index (χ0) is 17.7. The minimum absolute atomic E-state index is 0.00334. The molecule has 0 atom stereocenters. The number of carboxylic acid groups (broad SMARTS) is 1. The molecule has 1 aromatic carbocycles. The molecule has 0 radical (unpaired) electrons. The van der Waals surface area contributed by atoms with Crippen LogP contribution in [0.5, 0.6) is 11.5 Å². The second kappa shape index (κ2) is 7.87. The van der Waals surface area contributed by atoms with E-state index in [0.717, 1.165) is 11.8 Å². The van der Waals surface area contributed by atoms with Crippen LogP contribution in [0.3, 0.4) is 0 Å². The van der Waals surface area contributed by atoms with Gasteiger partial charge >= 0.3 is 0 Å². The minimum atomic E-state index is -1.30. The topological polar surface area (TPSA) is 100 Å². The highest BCUT2D eigenvalue weighted by Crippen LogP contribution is 2.31. The van der Waals surface area contributed by atoms with Crippen molar-refractivity contribution in [2.24, 2.45) is 0 Å². The van der Waals surface area contributed by atoms with Crippen molar-refractivity contribution >= 4 is 23.8 Å². The fourth-order valence-electron chi connectivity index (χ4n) is 1.87. The summed E-state index contributed by atoms with van der Waals surface area (Å²) in [6, 6.07) is 5.18. The summed E-state index contributed by atoms with van der Waals surface area (Å²) in [4.78, 5) is 15.4. The van der Waals surface area contributed by atoms with Crippen molar-refractivity contribution in [1.29, 1.82) is 0 Å². The molecule has 1 aromatic heterocycles. The maximum atomic E-state index is 11.4. The van der Waals surface area contributed by atoms with Gasteiger partial charge in [0.15, 0.2) is 11.5 Å². The number of carbonyl (C=O) groups excluding carboxylic acids is 1. The van der Waals surface area contributed by atoms with Gasteiger partial charge in [-0.05, 0) is 56.3 Å². The summed E-state index contributed by atoms with van der Waals surface area (Å²) in [5.41, 5.74) is 0.641. The number of carboxylic acids is 1. The predicted molar refractivity (Wildman–Crippen MR) is 88.7 cm³/mol. The molecule has 0 fully saturated rings. The number of aliphatic carboxylic acids is 1. The maximum absolute atomic E-state index is 11.4. The third kappa shape index (κ3) is 4.76. The van der Waals surface area contributed by atoms with Crippen LogP contribution < -0.4 is 14.6 Å². The summed E-state index contributed by atoms with van der Waals surface area (Å²) in [5, 5.41) is 18.2. The van der Waals surface area contributed by atoms with Crippen LogP contribution in [0, 0.1) is 6.92 Å². The van der Waals surface area contributed by atoms with Crippen molar-refractivity contribution in [2.75, 3.05) is 7.11 Å². The number of benzene rings is 1. The fourth-order valence-corrected chi connectivity index (χ4v) is 2.62. The molecule has 0 aliphatic heterocycles. The number of rotatable bonds is 7. The monoisotopic (exact) mass is 348 g/mol. The maximum Gasteiger partial charge on any atom is 0.213 e. The van der Waals surface area contributed by atoms with Crippen LogP contribution in [0.15, 0.2) is 28.3 Å². The van der Waals surface area contributed by atoms with Crippen LogP contribution in [0.4, 0.5) is 0 Å². The Hall–Kier alpha value is -2.48. The third-order valence-corrected chi connectivity index (χ3v) is 3.70. The normalized spacial score (nSPS) is 11.6. The average Bonchev–Trinajstić information content (AvgIpc) is 2.92. The molecule has 1 heterocycles. The van der Waals surface area contributed by atoms with Gasteiger partial charge in [0.25, 0.3) is 0 Å². The number of aromatic amines is 1. The first kappa shape index (κ1) is 17.9. The van der Waals surface area contributed by atoms with Gasteiger partial charge in [-0.3, -0.25) is 5.10 Å². The first-order chi connectivity index (χ1) is 11.4. The molecule has 128 valence electrons. The lowest BCUT2D eigenvalue weighted by molar-refractivity contribution is -0.297. The molecule has 0 bridgehead atoms. The van der Waals surface area contributed by atoms with Crippen molar-refractivity contribution < 1.29 is 19.4 Å². The van der Waals surface area contributed by atoms with Crippen molar-refractivity contribution in [3.05, 3.63) is 34.5 Å². The van der Waals surface area contributed by atoms with E-state index in [-0.39, 0.29) is 11.0 Å². The van der Waals surface area contributed by atoms with Crippen LogP contribution in [0.2, 0.25) is 0 Å². The van der Waals surface area contributed by atoms with Crippen molar-refractivity contribution in [1.82, 2.24) is 15.2 Å². The Kier molecular flexibility index (Phi) is 5.86. The Bertz CT molecular complexity index is 756. The zero-order valence-corrected chi connectivity index (χ0v) is 14.6. The molecular formula is C16H18N3O4S-. The van der Waals surface area contributed by atoms with Gasteiger partial charge in [-0.1, -0.05) is 6.07 Å². The smallest absolute Gasteiger partial charge is 0.213 e. The molecule has 7 nitrogen and oxygen atoms in total. The Morgan fingerprint density at radius 2 is 2.12 bits per heavy atom. The molecule has 24 heavy (non-hydrogen) atoms. The number of H-pyrrole nitrogens is 1. The molecule has 0 aliphatic rings. The van der Waals surface area contributed by atoms with E-state index in [9.17, 15) is 9.90 Å². The van der Waals surface area contributed by atoms with E-state index in [0.29, 0.717) is 28.0 Å². The lowest BCUT2D eigenvalue weighted by atomic mass is 10.2. The molecule has 0 saturated heterocycles. The lowest BCUT2D eigenvalue weighted by Gasteiger charge is -2.14. The molecule has 8 heteroatoms. The summed E-state index contributed by atoms with van der Waals surface area (Å²) in [6.45, 7) is 5.56. The van der Waals surface area contributed by atoms with Gasteiger partial charge in [0.1, 0.15) is 5.82 Å². The highest BCUT2D eigenvalue weighted by molar-refractivity contribution is 8.04. The van der Waals surface area contributed by atoms with Crippen molar-refractivity contribution in [2.45, 2.75) is 32.0 Å². The average molecular weight is 348 g/mol. The number of carbonyl (C=O) groups is 1. The van der Waals surface area contributed by atoms with E-state index < -0.39 is 5.97 Å². The van der Waals surface area contributed by atoms with Gasteiger partial charge in [0.05, 0.1) is 19.2 Å². The standard InChI is InChI=1S/C16H19N3O4S/c1-9(2)23-12-6-5-11(7-13(12)22-4)8-14(15(20)21)24-16-17-10(3)18-19-16/h5-9H,1-4H3,(H,20,21)(H,17,18,19)/p-1/b14-8+. The highest BCUT2D eigenvalue weighted by atomic mass is 32.2. The Morgan fingerprint density at radius 3 is 2.67 bits per heavy atom. The Balaban J connectivity index is 2.29. The number of thioether (sulfide) groups is 1. The summed E-state index contributed by atoms with van der Waals surface area (Å²) < 4.78 is 10.9. The van der Waals surface area contributed by atoms with E-state index in [1.807, 2.05) is 13.8 Å². The van der Waals surface area contributed by atoms with Gasteiger partial charge in [-0.2, -0.15) is 0 Å². The van der Waals surface area contributed by atoms with E-state index in [1.54, 1.807) is 25.1 Å². The third-order valence-electron chi connectivity index (χ3n) is 2.83. The van der Waals surface area contributed by atoms with Crippen molar-refractivity contribution in [3.8, 4) is 11.5 Å². The summed E-state index contributed by atoms with van der Waals surface area (Å²) in [7, 11) is 1.53. The number of aryl methyl sites for hydroxylation is 1. The molecule has 2 aromatic rings. The highest BCUT2D eigenvalue weighted by Gasteiger charge is 2.10. The van der Waals surface area contributed by atoms with Crippen LogP contribution in [-0.2, 0) is 4.79 Å². The van der Waals surface area contributed by atoms with Gasteiger partial charge in [0, 0.05) is 4.91 Å². The summed E-state index contributed by atoms with van der Waals surface area (Å²) in [6.07, 6.45) is 1.48. The van der Waals surface area contributed by atoms with E-state index in [1.165, 1.54) is 13.2 Å². The summed E-state index contributed by atoms with van der Waals surface area (Å²) >= 11 is 0.914. The number of nitrogens with one attached hydrogen (secondary N) is 1. The number of ether oxygens (including phenoxy) is 2. The Labute approximate surface area is 144 Å². The Morgan fingerprint density at radius 1 is 1.38 bits per heavy atom. The van der Waals surface area contributed by atoms with E-state index in [2.05, 4.69) is 15.2 Å². The number of hydrogen-bond donors (Lipinski definition) is 1. The van der Waals surface area contributed by atoms with Gasteiger partial charge in [-0.25, -0.2) is 4.98 Å². The van der Waals surface area contributed by atoms with Gasteiger partial charge in [0.2, 0.25) is 5.16 Å². The molecular weight excluding hydrogens is 330 g/mol. The molecule has 0 unspecified atom stereocenters. The zero-order valence-electron chi connectivity index (χ0n) is 13.8. The quantitative estimate of drug-likeness (QED) is 0.601. The minimum Gasteiger partial charge on any atom is -0.544 e. The lowest BCUT2D eigenvalue weighted by Crippen LogP contribution is -2.23. The largest absolute Gasteiger partial charge is 0.544 e. The molecule has 0 spiro atoms. The van der Waals surface area contributed by atoms with Crippen LogP contribution in [0.25, 0.3) is 6.08 Å². The van der Waals surface area contributed by atoms with Gasteiger partial charge in [-0.15, -0.1) is 5.10 Å². The molecule has 2 rings (SSSR count). The first-order valence-corrected chi connectivity index (χ1v) is 8.05. The molecule has 0 amide bonds. The number of aromatic nitrogens is 3. The number of methoxy groups -OCH3 is 1. The van der Waals surface area contributed by atoms with Crippen LogP contribution in [-0.4, -0.2) is 34.4 Å². The van der Waals surface area contributed by atoms with E-state index >= 15 is 0 Å². The fraction of sp³-hybridized carbons (Fsp3) is 0.312. The predicted octanol–water partition coefficient (Wildman–Crippen LogP) is 1.79. The first-order valence-electron chi connectivity index (χ1n) is 7.23. The van der Waals surface area contributed by atoms with Crippen molar-refractivity contribution in [3.63, 3.8) is 0 Å². The van der Waals surface area contributed by atoms with E-state index in [4.69, 9.17) is 9.47 Å². The SMILES string of the molecule is COc1cc(/C=C(/Sc2n[nH]c(C)n2)C(=O)[O-])ccc1OC(C)C. The number of hydrogen-bond acceptors (Lipinski definition) is 7. The molecule has 0 aliphatic carbocycles. The molecule has 1 N–H and O–H groups in total. The second-order valence-corrected chi connectivity index (χ2v) is 6.19. The number of nitrogens with zero attached hydrogens (tertiary/aromatic N) is 2. The van der Waals surface area contributed by atoms with Gasteiger partial charge < -0.3 is 19.4 Å². The molecule has 0 saturated carbocycles. The van der Waals surface area contributed by atoms with Crippen LogP contribution >= 0.6 is 11.8 Å².